The number of hydrogen-bond acceptors (Lipinski definition) is 3. The molecule has 4 nitrogen and oxygen atoms in total. The van der Waals surface area contributed by atoms with Crippen LogP contribution < -0.4 is 5.32 Å². The van der Waals surface area contributed by atoms with Crippen LogP contribution in [0.5, 0.6) is 0 Å². The molecular weight excluding hydrogens is 240 g/mol. The van der Waals surface area contributed by atoms with E-state index >= 15 is 0 Å². The first kappa shape index (κ1) is 12.9. The molecule has 2 N–H and O–H groups in total. The van der Waals surface area contributed by atoms with Crippen molar-refractivity contribution >= 4 is 22.7 Å². The van der Waals surface area contributed by atoms with Crippen molar-refractivity contribution in [1.29, 1.82) is 0 Å². The SMILES string of the molecule is C#CCC(Nc1nc2ccccc2cc1C)C(=O)O. The van der Waals surface area contributed by atoms with E-state index in [4.69, 9.17) is 11.5 Å². The molecule has 2 aromatic rings. The zero-order valence-electron chi connectivity index (χ0n) is 10.6. The predicted molar refractivity (Wildman–Crippen MR) is 75.0 cm³/mol. The summed E-state index contributed by atoms with van der Waals surface area (Å²) in [4.78, 5) is 15.5. The third-order valence-electron chi connectivity index (χ3n) is 2.85. The highest BCUT2D eigenvalue weighted by Gasteiger charge is 2.17. The van der Waals surface area contributed by atoms with Crippen molar-refractivity contribution in [1.82, 2.24) is 4.98 Å². The number of terminal acetylenes is 1. The Morgan fingerprint density at radius 2 is 2.26 bits per heavy atom. The minimum atomic E-state index is -0.979. The number of carboxylic acids is 1. The second-order valence-corrected chi connectivity index (χ2v) is 4.29. The summed E-state index contributed by atoms with van der Waals surface area (Å²) in [5, 5.41) is 13.0. The molecule has 4 heteroatoms. The van der Waals surface area contributed by atoms with Gasteiger partial charge in [-0.2, -0.15) is 0 Å². The van der Waals surface area contributed by atoms with E-state index in [2.05, 4.69) is 16.2 Å². The Balaban J connectivity index is 2.37. The minimum absolute atomic E-state index is 0.114. The molecule has 0 aliphatic rings. The third kappa shape index (κ3) is 2.83. The molecule has 0 aliphatic carbocycles. The van der Waals surface area contributed by atoms with Gasteiger partial charge in [-0.25, -0.2) is 9.78 Å². The number of pyridine rings is 1. The van der Waals surface area contributed by atoms with Crippen molar-refractivity contribution in [3.63, 3.8) is 0 Å². The highest BCUT2D eigenvalue weighted by Crippen LogP contribution is 2.20. The number of para-hydroxylation sites is 1. The Morgan fingerprint density at radius 3 is 2.95 bits per heavy atom. The van der Waals surface area contributed by atoms with E-state index in [0.717, 1.165) is 16.5 Å². The molecule has 1 aromatic heterocycles. The fourth-order valence-corrected chi connectivity index (χ4v) is 1.85. The fraction of sp³-hybridized carbons (Fsp3) is 0.200. The topological polar surface area (TPSA) is 62.2 Å². The summed E-state index contributed by atoms with van der Waals surface area (Å²) in [5.41, 5.74) is 1.71. The molecule has 1 atom stereocenters. The smallest absolute Gasteiger partial charge is 0.327 e. The van der Waals surface area contributed by atoms with Crippen LogP contribution in [-0.4, -0.2) is 22.1 Å². The van der Waals surface area contributed by atoms with Crippen LogP contribution in [0.2, 0.25) is 0 Å². The van der Waals surface area contributed by atoms with Gasteiger partial charge in [0.1, 0.15) is 11.9 Å². The summed E-state index contributed by atoms with van der Waals surface area (Å²) in [6, 6.07) is 8.84. The molecule has 0 saturated carbocycles. The largest absolute Gasteiger partial charge is 0.480 e. The minimum Gasteiger partial charge on any atom is -0.480 e. The number of rotatable bonds is 4. The molecule has 0 saturated heterocycles. The highest BCUT2D eigenvalue weighted by atomic mass is 16.4. The van der Waals surface area contributed by atoms with Crippen molar-refractivity contribution in [3.8, 4) is 12.3 Å². The van der Waals surface area contributed by atoms with Crippen LogP contribution in [0.15, 0.2) is 30.3 Å². The van der Waals surface area contributed by atoms with E-state index in [1.807, 2.05) is 37.3 Å². The second kappa shape index (κ2) is 5.40. The van der Waals surface area contributed by atoms with Crippen molar-refractivity contribution < 1.29 is 9.90 Å². The van der Waals surface area contributed by atoms with Crippen molar-refractivity contribution in [2.24, 2.45) is 0 Å². The van der Waals surface area contributed by atoms with Crippen molar-refractivity contribution in [3.05, 3.63) is 35.9 Å². The number of carboxylic acid groups (broad SMARTS) is 1. The number of nitrogens with zero attached hydrogens (tertiary/aromatic N) is 1. The lowest BCUT2D eigenvalue weighted by Crippen LogP contribution is -2.29. The van der Waals surface area contributed by atoms with E-state index in [-0.39, 0.29) is 6.42 Å². The van der Waals surface area contributed by atoms with Gasteiger partial charge >= 0.3 is 5.97 Å². The number of aromatic nitrogens is 1. The van der Waals surface area contributed by atoms with E-state index in [0.29, 0.717) is 5.82 Å². The van der Waals surface area contributed by atoms with Gasteiger partial charge in [0.2, 0.25) is 0 Å². The van der Waals surface area contributed by atoms with Gasteiger partial charge < -0.3 is 10.4 Å². The quantitative estimate of drug-likeness (QED) is 0.823. The zero-order chi connectivity index (χ0) is 13.8. The van der Waals surface area contributed by atoms with Crippen LogP contribution in [0, 0.1) is 19.3 Å². The van der Waals surface area contributed by atoms with Gasteiger partial charge in [0, 0.05) is 11.8 Å². The zero-order valence-corrected chi connectivity index (χ0v) is 10.6. The number of anilines is 1. The molecule has 1 aromatic carbocycles. The number of nitrogens with one attached hydrogen (secondary N) is 1. The van der Waals surface area contributed by atoms with Crippen LogP contribution in [0.25, 0.3) is 10.9 Å². The summed E-state index contributed by atoms with van der Waals surface area (Å²) < 4.78 is 0. The number of benzene rings is 1. The summed E-state index contributed by atoms with van der Waals surface area (Å²) >= 11 is 0. The maximum Gasteiger partial charge on any atom is 0.327 e. The van der Waals surface area contributed by atoms with E-state index in [9.17, 15) is 4.79 Å². The molecule has 1 heterocycles. The van der Waals surface area contributed by atoms with Gasteiger partial charge in [-0.3, -0.25) is 0 Å². The molecule has 0 amide bonds. The molecular formula is C15H14N2O2. The first-order valence-electron chi connectivity index (χ1n) is 5.91. The Labute approximate surface area is 111 Å². The average Bonchev–Trinajstić information content (AvgIpc) is 2.38. The first-order chi connectivity index (χ1) is 9.11. The van der Waals surface area contributed by atoms with Crippen molar-refractivity contribution in [2.75, 3.05) is 5.32 Å². The second-order valence-electron chi connectivity index (χ2n) is 4.29. The molecule has 1 unspecified atom stereocenters. The molecule has 0 fully saturated rings. The van der Waals surface area contributed by atoms with Crippen LogP contribution >= 0.6 is 0 Å². The number of carbonyl (C=O) groups is 1. The van der Waals surface area contributed by atoms with E-state index in [1.54, 1.807) is 0 Å². The summed E-state index contributed by atoms with van der Waals surface area (Å²) in [5.74, 6) is 1.93. The summed E-state index contributed by atoms with van der Waals surface area (Å²) in [7, 11) is 0. The Bertz CT molecular complexity index is 659. The molecule has 0 aliphatic heterocycles. The molecule has 2 rings (SSSR count). The third-order valence-corrected chi connectivity index (χ3v) is 2.85. The Kier molecular flexibility index (Phi) is 3.67. The highest BCUT2D eigenvalue weighted by molar-refractivity contribution is 5.83. The summed E-state index contributed by atoms with van der Waals surface area (Å²) in [6.07, 6.45) is 5.29. The number of aryl methyl sites for hydroxylation is 1. The first-order valence-corrected chi connectivity index (χ1v) is 5.91. The summed E-state index contributed by atoms with van der Waals surface area (Å²) in [6.45, 7) is 1.89. The monoisotopic (exact) mass is 254 g/mol. The van der Waals surface area contributed by atoms with Gasteiger partial charge in [0.15, 0.2) is 0 Å². The van der Waals surface area contributed by atoms with Crippen LogP contribution in [0.4, 0.5) is 5.82 Å². The van der Waals surface area contributed by atoms with Gasteiger partial charge in [-0.05, 0) is 24.6 Å². The molecule has 0 spiro atoms. The normalized spacial score (nSPS) is 11.8. The van der Waals surface area contributed by atoms with E-state index < -0.39 is 12.0 Å². The molecule has 0 bridgehead atoms. The van der Waals surface area contributed by atoms with Crippen LogP contribution in [0.3, 0.4) is 0 Å². The molecule has 19 heavy (non-hydrogen) atoms. The maximum atomic E-state index is 11.1. The number of fused-ring (bicyclic) bond motifs is 1. The Hall–Kier alpha value is -2.54. The maximum absolute atomic E-state index is 11.1. The van der Waals surface area contributed by atoms with Crippen molar-refractivity contribution in [2.45, 2.75) is 19.4 Å². The van der Waals surface area contributed by atoms with Crippen LogP contribution in [0.1, 0.15) is 12.0 Å². The lowest BCUT2D eigenvalue weighted by molar-refractivity contribution is -0.137. The lowest BCUT2D eigenvalue weighted by Gasteiger charge is -2.15. The Morgan fingerprint density at radius 1 is 1.53 bits per heavy atom. The van der Waals surface area contributed by atoms with Gasteiger partial charge in [0.05, 0.1) is 5.52 Å². The molecule has 96 valence electrons. The number of aliphatic carboxylic acids is 1. The van der Waals surface area contributed by atoms with Gasteiger partial charge in [-0.1, -0.05) is 18.2 Å². The fourth-order valence-electron chi connectivity index (χ4n) is 1.85. The molecule has 0 radical (unpaired) electrons. The standard InChI is InChI=1S/C15H14N2O2/c1-3-6-13(15(18)19)17-14-10(2)9-11-7-4-5-8-12(11)16-14/h1,4-5,7-9,13H,6H2,2H3,(H,16,17)(H,18,19). The lowest BCUT2D eigenvalue weighted by atomic mass is 10.1. The van der Waals surface area contributed by atoms with Gasteiger partial charge in [-0.15, -0.1) is 12.3 Å². The van der Waals surface area contributed by atoms with Gasteiger partial charge in [0.25, 0.3) is 0 Å². The predicted octanol–water partition coefficient (Wildman–Crippen LogP) is 2.43. The number of hydrogen-bond donors (Lipinski definition) is 2. The van der Waals surface area contributed by atoms with Crippen LogP contribution in [-0.2, 0) is 4.79 Å². The van der Waals surface area contributed by atoms with E-state index in [1.165, 1.54) is 0 Å². The average molecular weight is 254 g/mol.